The van der Waals surface area contributed by atoms with E-state index in [-0.39, 0.29) is 24.0 Å². The summed E-state index contributed by atoms with van der Waals surface area (Å²) in [6.45, 7) is 0.0339. The molecule has 0 saturated heterocycles. The van der Waals surface area contributed by atoms with Gasteiger partial charge in [-0.3, -0.25) is 14.2 Å². The summed E-state index contributed by atoms with van der Waals surface area (Å²) in [6.07, 6.45) is 1.42. The van der Waals surface area contributed by atoms with Gasteiger partial charge < -0.3 is 24.5 Å². The third kappa shape index (κ3) is 5.33. The molecule has 0 atom stereocenters. The number of methoxy groups -OCH3 is 2. The van der Waals surface area contributed by atoms with Crippen molar-refractivity contribution in [2.24, 2.45) is 0 Å². The van der Waals surface area contributed by atoms with Gasteiger partial charge >= 0.3 is 0 Å². The summed E-state index contributed by atoms with van der Waals surface area (Å²) in [5.74, 6) is 0.981. The number of thiazole rings is 1. The summed E-state index contributed by atoms with van der Waals surface area (Å²) in [6, 6.07) is 16.2. The Bertz CT molecular complexity index is 1530. The fourth-order valence-corrected chi connectivity index (χ4v) is 5.29. The molecule has 11 nitrogen and oxygen atoms in total. The predicted octanol–water partition coefficient (Wildman–Crippen LogP) is 4.15. The Morgan fingerprint density at radius 3 is 2.53 bits per heavy atom. The minimum atomic E-state index is -0.402. The second-order valence-electron chi connectivity index (χ2n) is 7.73. The fourth-order valence-electron chi connectivity index (χ4n) is 3.65. The van der Waals surface area contributed by atoms with Crippen molar-refractivity contribution >= 4 is 50.3 Å². The van der Waals surface area contributed by atoms with Crippen molar-refractivity contribution in [3.63, 3.8) is 0 Å². The molecule has 2 aromatic carbocycles. The second-order valence-corrected chi connectivity index (χ2v) is 9.70. The molecule has 3 heterocycles. The molecule has 2 N–H and O–H groups in total. The number of benzene rings is 2. The molecule has 38 heavy (non-hydrogen) atoms. The molecule has 3 aromatic heterocycles. The van der Waals surface area contributed by atoms with Gasteiger partial charge in [0.1, 0.15) is 17.2 Å². The van der Waals surface area contributed by atoms with Gasteiger partial charge in [0, 0.05) is 0 Å². The highest BCUT2D eigenvalue weighted by Gasteiger charge is 2.23. The van der Waals surface area contributed by atoms with Crippen molar-refractivity contribution in [2.75, 3.05) is 25.3 Å². The van der Waals surface area contributed by atoms with E-state index in [1.807, 2.05) is 24.3 Å². The lowest BCUT2D eigenvalue weighted by atomic mass is 10.2. The van der Waals surface area contributed by atoms with Gasteiger partial charge in [0.2, 0.25) is 5.91 Å². The number of ether oxygens (including phenoxy) is 2. The van der Waals surface area contributed by atoms with E-state index in [4.69, 9.17) is 13.9 Å². The lowest BCUT2D eigenvalue weighted by molar-refractivity contribution is -0.113. The van der Waals surface area contributed by atoms with E-state index in [1.165, 1.54) is 29.4 Å². The third-order valence-corrected chi connectivity index (χ3v) is 7.23. The molecule has 0 radical (unpaired) electrons. The molecule has 5 aromatic rings. The molecule has 0 spiro atoms. The fraction of sp³-hybridized carbons (Fsp3) is 0.160. The maximum atomic E-state index is 12.8. The molecule has 0 bridgehead atoms. The number of carbonyl (C=O) groups is 2. The van der Waals surface area contributed by atoms with Gasteiger partial charge in [0.15, 0.2) is 21.9 Å². The van der Waals surface area contributed by atoms with Crippen LogP contribution in [0.15, 0.2) is 70.4 Å². The van der Waals surface area contributed by atoms with E-state index in [0.717, 1.165) is 10.2 Å². The lowest BCUT2D eigenvalue weighted by Crippen LogP contribution is -2.24. The lowest BCUT2D eigenvalue weighted by Gasteiger charge is -2.17. The van der Waals surface area contributed by atoms with Gasteiger partial charge in [0.05, 0.1) is 43.0 Å². The molecule has 2 amide bonds. The largest absolute Gasteiger partial charge is 0.494 e. The molecule has 0 unspecified atom stereocenters. The number of amides is 2. The van der Waals surface area contributed by atoms with Crippen LogP contribution in [0.4, 0.5) is 5.13 Å². The van der Waals surface area contributed by atoms with Crippen LogP contribution in [0.2, 0.25) is 0 Å². The number of furan rings is 1. The Kier molecular flexibility index (Phi) is 7.56. The van der Waals surface area contributed by atoms with Gasteiger partial charge in [0.25, 0.3) is 5.91 Å². The van der Waals surface area contributed by atoms with Crippen LogP contribution in [-0.2, 0) is 11.3 Å². The Hall–Kier alpha value is -4.36. The van der Waals surface area contributed by atoms with Crippen molar-refractivity contribution in [1.29, 1.82) is 0 Å². The van der Waals surface area contributed by atoms with Crippen LogP contribution in [-0.4, -0.2) is 51.5 Å². The van der Waals surface area contributed by atoms with E-state index < -0.39 is 5.91 Å². The Morgan fingerprint density at radius 1 is 1.03 bits per heavy atom. The van der Waals surface area contributed by atoms with Crippen LogP contribution in [0.25, 0.3) is 15.9 Å². The van der Waals surface area contributed by atoms with Crippen LogP contribution in [0.3, 0.4) is 0 Å². The van der Waals surface area contributed by atoms with Crippen LogP contribution in [0, 0.1) is 0 Å². The molecule has 0 aliphatic heterocycles. The van der Waals surface area contributed by atoms with E-state index in [9.17, 15) is 9.59 Å². The maximum Gasteiger partial charge on any atom is 0.287 e. The summed E-state index contributed by atoms with van der Waals surface area (Å²) in [5.41, 5.74) is 1.36. The molecule has 0 fully saturated rings. The van der Waals surface area contributed by atoms with Gasteiger partial charge in [-0.15, -0.1) is 10.2 Å². The summed E-state index contributed by atoms with van der Waals surface area (Å²) in [4.78, 5) is 29.7. The Morgan fingerprint density at radius 2 is 1.82 bits per heavy atom. The van der Waals surface area contributed by atoms with Crippen LogP contribution < -0.4 is 20.1 Å². The molecular formula is C25H22N6O5S2. The van der Waals surface area contributed by atoms with E-state index in [0.29, 0.717) is 33.3 Å². The highest BCUT2D eigenvalue weighted by molar-refractivity contribution is 7.99. The summed E-state index contributed by atoms with van der Waals surface area (Å²) >= 11 is 2.58. The summed E-state index contributed by atoms with van der Waals surface area (Å²) in [7, 11) is 3.08. The van der Waals surface area contributed by atoms with Gasteiger partial charge in [-0.25, -0.2) is 4.98 Å². The number of carbonyl (C=O) groups excluding carboxylic acids is 2. The van der Waals surface area contributed by atoms with E-state index in [2.05, 4.69) is 25.8 Å². The normalized spacial score (nSPS) is 10.9. The van der Waals surface area contributed by atoms with E-state index >= 15 is 0 Å². The zero-order valence-electron chi connectivity index (χ0n) is 20.3. The smallest absolute Gasteiger partial charge is 0.287 e. The van der Waals surface area contributed by atoms with Gasteiger partial charge in [-0.1, -0.05) is 41.3 Å². The molecular weight excluding hydrogens is 528 g/mol. The van der Waals surface area contributed by atoms with Crippen LogP contribution >= 0.6 is 23.1 Å². The summed E-state index contributed by atoms with van der Waals surface area (Å²) < 4.78 is 19.0. The number of hydrogen-bond donors (Lipinski definition) is 2. The van der Waals surface area contributed by atoms with Crippen molar-refractivity contribution in [1.82, 2.24) is 25.1 Å². The number of aromatic nitrogens is 4. The van der Waals surface area contributed by atoms with Crippen LogP contribution in [0.1, 0.15) is 16.4 Å². The average molecular weight is 551 g/mol. The number of fused-ring (bicyclic) bond motifs is 1. The standard InChI is InChI=1S/C25H22N6O5S2/c1-34-16-8-5-9-17(35-2)22(16)31-20(13-26-23(33)18-10-6-12-36-18)29-30-25(31)37-14-21(32)28-24-27-15-7-3-4-11-19(15)38-24/h3-12H,13-14H2,1-2H3,(H,26,33)(H,27,28,32). The van der Waals surface area contributed by atoms with Crippen molar-refractivity contribution in [2.45, 2.75) is 11.7 Å². The molecule has 5 rings (SSSR count). The number of nitrogens with one attached hydrogen (secondary N) is 2. The SMILES string of the molecule is COc1cccc(OC)c1-n1c(CNC(=O)c2ccco2)nnc1SCC(=O)Nc1nc2ccccc2s1. The first-order chi connectivity index (χ1) is 18.6. The van der Waals surface area contributed by atoms with E-state index in [1.54, 1.807) is 49.1 Å². The molecule has 0 saturated carbocycles. The number of nitrogens with zero attached hydrogens (tertiary/aromatic N) is 4. The second kappa shape index (κ2) is 11.4. The first kappa shape index (κ1) is 25.3. The molecule has 194 valence electrons. The molecule has 0 aliphatic rings. The number of hydrogen-bond acceptors (Lipinski definition) is 10. The highest BCUT2D eigenvalue weighted by atomic mass is 32.2. The van der Waals surface area contributed by atoms with Crippen molar-refractivity contribution in [3.8, 4) is 17.2 Å². The average Bonchev–Trinajstić information content (AvgIpc) is 3.69. The predicted molar refractivity (Wildman–Crippen MR) is 143 cm³/mol. The van der Waals surface area contributed by atoms with Gasteiger partial charge in [-0.05, 0) is 36.4 Å². The molecule has 0 aliphatic carbocycles. The quantitative estimate of drug-likeness (QED) is 0.246. The van der Waals surface area contributed by atoms with Gasteiger partial charge in [-0.2, -0.15) is 0 Å². The molecule has 13 heteroatoms. The first-order valence-corrected chi connectivity index (χ1v) is 13.1. The zero-order valence-corrected chi connectivity index (χ0v) is 22.0. The first-order valence-electron chi connectivity index (χ1n) is 11.3. The minimum absolute atomic E-state index is 0.0339. The van der Waals surface area contributed by atoms with Crippen molar-refractivity contribution in [3.05, 3.63) is 72.4 Å². The Labute approximate surface area is 225 Å². The highest BCUT2D eigenvalue weighted by Crippen LogP contribution is 2.36. The third-order valence-electron chi connectivity index (χ3n) is 5.35. The van der Waals surface area contributed by atoms with Crippen molar-refractivity contribution < 1.29 is 23.5 Å². The number of rotatable bonds is 10. The Balaban J connectivity index is 1.39. The zero-order chi connectivity index (χ0) is 26.5. The number of para-hydroxylation sites is 2. The number of thioether (sulfide) groups is 1. The maximum absolute atomic E-state index is 12.8. The summed E-state index contributed by atoms with van der Waals surface area (Å²) in [5, 5.41) is 15.1. The minimum Gasteiger partial charge on any atom is -0.494 e. The topological polar surface area (TPSA) is 133 Å². The monoisotopic (exact) mass is 550 g/mol. The van der Waals surface area contributed by atoms with Crippen LogP contribution in [0.5, 0.6) is 11.5 Å². The number of anilines is 1.